The molecule has 13 heavy (non-hydrogen) atoms. The highest BCUT2D eigenvalue weighted by Crippen LogP contribution is 2.24. The number of hydrogen-bond acceptors (Lipinski definition) is 3. The van der Waals surface area contributed by atoms with E-state index in [2.05, 4.69) is 5.32 Å². The molecular weight excluding hydrogens is 162 g/mol. The van der Waals surface area contributed by atoms with E-state index in [4.69, 9.17) is 5.41 Å². The molecule has 0 aliphatic heterocycles. The molecule has 0 atom stereocenters. The van der Waals surface area contributed by atoms with Crippen LogP contribution in [-0.2, 0) is 0 Å². The molecule has 0 aliphatic carbocycles. The standard InChI is InChI=1S/C10H15N3/c1-12-9-5-4-8(7-11)6-10(9)13(2)3/h4-7,11-12H,1-3H3. The maximum atomic E-state index is 7.14. The van der Waals surface area contributed by atoms with Gasteiger partial charge in [-0.3, -0.25) is 0 Å². The quantitative estimate of drug-likeness (QED) is 0.691. The molecule has 0 heterocycles. The van der Waals surface area contributed by atoms with Crippen LogP contribution < -0.4 is 10.2 Å². The van der Waals surface area contributed by atoms with Gasteiger partial charge in [-0.25, -0.2) is 0 Å². The van der Waals surface area contributed by atoms with E-state index in [0.29, 0.717) is 0 Å². The van der Waals surface area contributed by atoms with Gasteiger partial charge < -0.3 is 15.6 Å². The molecule has 70 valence electrons. The van der Waals surface area contributed by atoms with Gasteiger partial charge in [0.1, 0.15) is 0 Å². The van der Waals surface area contributed by atoms with E-state index in [-0.39, 0.29) is 0 Å². The van der Waals surface area contributed by atoms with Crippen molar-refractivity contribution in [3.05, 3.63) is 23.8 Å². The highest BCUT2D eigenvalue weighted by Gasteiger charge is 2.02. The Bertz CT molecular complexity index is 305. The molecule has 0 bridgehead atoms. The van der Waals surface area contributed by atoms with Crippen LogP contribution in [0.1, 0.15) is 5.56 Å². The van der Waals surface area contributed by atoms with Gasteiger partial charge in [0.2, 0.25) is 0 Å². The predicted molar refractivity (Wildman–Crippen MR) is 58.2 cm³/mol. The number of rotatable bonds is 3. The van der Waals surface area contributed by atoms with Crippen LogP contribution in [-0.4, -0.2) is 27.4 Å². The van der Waals surface area contributed by atoms with Gasteiger partial charge in [0.05, 0.1) is 11.4 Å². The topological polar surface area (TPSA) is 39.1 Å². The van der Waals surface area contributed by atoms with Gasteiger partial charge >= 0.3 is 0 Å². The highest BCUT2D eigenvalue weighted by molar-refractivity contribution is 5.83. The summed E-state index contributed by atoms with van der Waals surface area (Å²) in [6.45, 7) is 0. The molecule has 3 heteroatoms. The molecule has 3 nitrogen and oxygen atoms in total. The molecule has 1 aromatic carbocycles. The normalized spacial score (nSPS) is 9.46. The van der Waals surface area contributed by atoms with Crippen LogP contribution in [0, 0.1) is 5.41 Å². The zero-order valence-electron chi connectivity index (χ0n) is 8.26. The molecule has 0 aliphatic rings. The first-order chi connectivity index (χ1) is 6.19. The molecule has 0 saturated heterocycles. The lowest BCUT2D eigenvalue weighted by molar-refractivity contribution is 1.13. The van der Waals surface area contributed by atoms with Crippen molar-refractivity contribution in [2.24, 2.45) is 0 Å². The molecule has 2 N–H and O–H groups in total. The maximum Gasteiger partial charge on any atom is 0.0603 e. The summed E-state index contributed by atoms with van der Waals surface area (Å²) in [5, 5.41) is 10.3. The molecule has 0 amide bonds. The summed E-state index contributed by atoms with van der Waals surface area (Å²) in [7, 11) is 5.88. The van der Waals surface area contributed by atoms with Gasteiger partial charge in [0.15, 0.2) is 0 Å². The third-order valence-electron chi connectivity index (χ3n) is 1.94. The summed E-state index contributed by atoms with van der Waals surface area (Å²) in [5.74, 6) is 0. The molecule has 1 aromatic rings. The van der Waals surface area contributed by atoms with Crippen molar-refractivity contribution in [3.63, 3.8) is 0 Å². The van der Waals surface area contributed by atoms with Crippen molar-refractivity contribution >= 4 is 17.6 Å². The van der Waals surface area contributed by atoms with Gasteiger partial charge in [-0.2, -0.15) is 0 Å². The summed E-state index contributed by atoms with van der Waals surface area (Å²) < 4.78 is 0. The Morgan fingerprint density at radius 3 is 2.54 bits per heavy atom. The average Bonchev–Trinajstić information content (AvgIpc) is 2.16. The third kappa shape index (κ3) is 1.99. The number of nitrogens with one attached hydrogen (secondary N) is 2. The molecule has 0 spiro atoms. The molecule has 0 saturated carbocycles. The van der Waals surface area contributed by atoms with Gasteiger partial charge in [-0.15, -0.1) is 0 Å². The SMILES string of the molecule is CNc1ccc(C=N)cc1N(C)C. The Labute approximate surface area is 78.9 Å². The number of benzene rings is 1. The van der Waals surface area contributed by atoms with Gasteiger partial charge in [-0.1, -0.05) is 6.07 Å². The van der Waals surface area contributed by atoms with E-state index in [1.165, 1.54) is 6.21 Å². The molecule has 0 radical (unpaired) electrons. The summed E-state index contributed by atoms with van der Waals surface area (Å²) in [4.78, 5) is 2.03. The minimum absolute atomic E-state index is 0.919. The van der Waals surface area contributed by atoms with Crippen molar-refractivity contribution in [3.8, 4) is 0 Å². The lowest BCUT2D eigenvalue weighted by Gasteiger charge is -2.17. The fourth-order valence-electron chi connectivity index (χ4n) is 1.22. The average molecular weight is 177 g/mol. The van der Waals surface area contributed by atoms with Crippen LogP contribution in [0.2, 0.25) is 0 Å². The van der Waals surface area contributed by atoms with Crippen molar-refractivity contribution in [2.75, 3.05) is 31.4 Å². The van der Waals surface area contributed by atoms with Crippen LogP contribution in [0.4, 0.5) is 11.4 Å². The van der Waals surface area contributed by atoms with E-state index in [1.54, 1.807) is 0 Å². The lowest BCUT2D eigenvalue weighted by atomic mass is 10.1. The zero-order valence-corrected chi connectivity index (χ0v) is 8.26. The fraction of sp³-hybridized carbons (Fsp3) is 0.300. The Morgan fingerprint density at radius 1 is 1.38 bits per heavy atom. The smallest absolute Gasteiger partial charge is 0.0603 e. The van der Waals surface area contributed by atoms with Gasteiger partial charge in [0, 0.05) is 27.4 Å². The first-order valence-electron chi connectivity index (χ1n) is 4.18. The van der Waals surface area contributed by atoms with Crippen LogP contribution in [0.25, 0.3) is 0 Å². The van der Waals surface area contributed by atoms with Crippen LogP contribution in [0.15, 0.2) is 18.2 Å². The van der Waals surface area contributed by atoms with E-state index in [0.717, 1.165) is 16.9 Å². The lowest BCUT2D eigenvalue weighted by Crippen LogP contribution is -2.11. The highest BCUT2D eigenvalue weighted by atomic mass is 15.1. The minimum atomic E-state index is 0.919. The summed E-state index contributed by atoms with van der Waals surface area (Å²) in [6, 6.07) is 5.89. The Morgan fingerprint density at radius 2 is 2.08 bits per heavy atom. The largest absolute Gasteiger partial charge is 0.386 e. The van der Waals surface area contributed by atoms with E-state index in [1.807, 2.05) is 44.2 Å². The number of hydrogen-bond donors (Lipinski definition) is 2. The summed E-state index contributed by atoms with van der Waals surface area (Å²) >= 11 is 0. The van der Waals surface area contributed by atoms with E-state index >= 15 is 0 Å². The van der Waals surface area contributed by atoms with Gasteiger partial charge in [0.25, 0.3) is 0 Å². The number of anilines is 2. The zero-order chi connectivity index (χ0) is 9.84. The van der Waals surface area contributed by atoms with Crippen LogP contribution in [0.3, 0.4) is 0 Å². The third-order valence-corrected chi connectivity index (χ3v) is 1.94. The van der Waals surface area contributed by atoms with Crippen LogP contribution in [0.5, 0.6) is 0 Å². The van der Waals surface area contributed by atoms with E-state index < -0.39 is 0 Å². The Balaban J connectivity index is 3.17. The Hall–Kier alpha value is -1.51. The fourth-order valence-corrected chi connectivity index (χ4v) is 1.22. The van der Waals surface area contributed by atoms with Crippen molar-refractivity contribution in [1.29, 1.82) is 5.41 Å². The molecule has 0 unspecified atom stereocenters. The second-order valence-electron chi connectivity index (χ2n) is 3.07. The van der Waals surface area contributed by atoms with Crippen molar-refractivity contribution in [1.82, 2.24) is 0 Å². The second-order valence-corrected chi connectivity index (χ2v) is 3.07. The molecule has 1 rings (SSSR count). The Kier molecular flexibility index (Phi) is 2.90. The monoisotopic (exact) mass is 177 g/mol. The predicted octanol–water partition coefficient (Wildman–Crippen LogP) is 1.79. The summed E-state index contributed by atoms with van der Waals surface area (Å²) in [6.07, 6.45) is 1.35. The van der Waals surface area contributed by atoms with Gasteiger partial charge in [-0.05, 0) is 17.7 Å². The molecule has 0 fully saturated rings. The molecule has 0 aromatic heterocycles. The van der Waals surface area contributed by atoms with Crippen LogP contribution >= 0.6 is 0 Å². The number of nitrogens with zero attached hydrogens (tertiary/aromatic N) is 1. The first kappa shape index (κ1) is 9.58. The van der Waals surface area contributed by atoms with E-state index in [9.17, 15) is 0 Å². The summed E-state index contributed by atoms with van der Waals surface area (Å²) in [5.41, 5.74) is 3.10. The van der Waals surface area contributed by atoms with Crippen molar-refractivity contribution in [2.45, 2.75) is 0 Å². The molecular formula is C10H15N3. The minimum Gasteiger partial charge on any atom is -0.386 e. The van der Waals surface area contributed by atoms with Crippen molar-refractivity contribution < 1.29 is 0 Å². The maximum absolute atomic E-state index is 7.14. The first-order valence-corrected chi connectivity index (χ1v) is 4.18. The second kappa shape index (κ2) is 3.94.